The Bertz CT molecular complexity index is 200. The maximum atomic E-state index is 11.9. The predicted molar refractivity (Wildman–Crippen MR) is 66.5 cm³/mol. The Labute approximate surface area is 94.5 Å². The summed E-state index contributed by atoms with van der Waals surface area (Å²) in [4.78, 5) is 23.7. The highest BCUT2D eigenvalue weighted by molar-refractivity contribution is 7.23. The van der Waals surface area contributed by atoms with Crippen LogP contribution in [0.25, 0.3) is 0 Å². The zero-order chi connectivity index (χ0) is 11.9. The predicted octanol–water partition coefficient (Wildman–Crippen LogP) is 3.29. The van der Waals surface area contributed by atoms with Gasteiger partial charge in [-0.25, -0.2) is 0 Å². The van der Waals surface area contributed by atoms with Gasteiger partial charge in [-0.05, 0) is 12.8 Å². The van der Waals surface area contributed by atoms with Gasteiger partial charge >= 0.3 is 0 Å². The van der Waals surface area contributed by atoms with Gasteiger partial charge in [-0.3, -0.25) is 0 Å². The van der Waals surface area contributed by atoms with E-state index < -0.39 is 8.07 Å². The van der Waals surface area contributed by atoms with Gasteiger partial charge in [0, 0.05) is 12.8 Å². The van der Waals surface area contributed by atoms with Gasteiger partial charge in [-0.15, -0.1) is 0 Å². The van der Waals surface area contributed by atoms with Crippen molar-refractivity contribution in [2.75, 3.05) is 0 Å². The molecule has 0 aromatic rings. The number of hydrogen-bond acceptors (Lipinski definition) is 2. The molecule has 15 heavy (non-hydrogen) atoms. The molecule has 0 unspecified atom stereocenters. The highest BCUT2D eigenvalue weighted by Crippen LogP contribution is 2.14. The minimum Gasteiger partial charge on any atom is -0.305 e. The zero-order valence-electron chi connectivity index (χ0n) is 10.6. The normalized spacial score (nSPS) is 11.5. The molecule has 0 aliphatic carbocycles. The molecular weight excluding hydrogens is 204 g/mol. The third kappa shape index (κ3) is 4.73. The molecule has 0 aromatic heterocycles. The molecule has 0 aliphatic heterocycles. The summed E-state index contributed by atoms with van der Waals surface area (Å²) >= 11 is 0. The SMILES string of the molecule is CCCCC(=O)[Si](C)(C)C(=O)CCCC. The van der Waals surface area contributed by atoms with Gasteiger partial charge in [-0.2, -0.15) is 0 Å². The number of hydrogen-bond donors (Lipinski definition) is 0. The lowest BCUT2D eigenvalue weighted by Gasteiger charge is -2.18. The highest BCUT2D eigenvalue weighted by atomic mass is 28.3. The van der Waals surface area contributed by atoms with Gasteiger partial charge in [0.25, 0.3) is 0 Å². The second kappa shape index (κ2) is 6.93. The molecule has 0 N–H and O–H groups in total. The standard InChI is InChI=1S/C12H24O2Si/c1-5-7-9-11(13)15(3,4)12(14)10-8-6-2/h5-10H2,1-4H3. The summed E-state index contributed by atoms with van der Waals surface area (Å²) in [6, 6.07) is 0. The lowest BCUT2D eigenvalue weighted by atomic mass is 10.3. The van der Waals surface area contributed by atoms with E-state index in [-0.39, 0.29) is 10.8 Å². The molecule has 0 spiro atoms. The van der Waals surface area contributed by atoms with Gasteiger partial charge in [0.1, 0.15) is 10.8 Å². The van der Waals surface area contributed by atoms with Gasteiger partial charge < -0.3 is 9.59 Å². The molecule has 0 saturated carbocycles. The molecule has 0 aliphatic rings. The van der Waals surface area contributed by atoms with Gasteiger partial charge in [0.2, 0.25) is 8.07 Å². The Kier molecular flexibility index (Phi) is 6.73. The van der Waals surface area contributed by atoms with E-state index in [1.807, 2.05) is 13.1 Å². The van der Waals surface area contributed by atoms with Crippen molar-refractivity contribution < 1.29 is 9.59 Å². The van der Waals surface area contributed by atoms with Crippen LogP contribution in [0.2, 0.25) is 13.1 Å². The first-order valence-electron chi connectivity index (χ1n) is 6.03. The van der Waals surface area contributed by atoms with E-state index in [0.29, 0.717) is 12.8 Å². The van der Waals surface area contributed by atoms with Crippen molar-refractivity contribution in [3.05, 3.63) is 0 Å². The summed E-state index contributed by atoms with van der Waals surface area (Å²) in [6.07, 6.45) is 5.12. The Morgan fingerprint density at radius 2 is 1.20 bits per heavy atom. The van der Waals surface area contributed by atoms with Gasteiger partial charge in [0.15, 0.2) is 0 Å². The van der Waals surface area contributed by atoms with Crippen molar-refractivity contribution in [3.8, 4) is 0 Å². The molecule has 0 rings (SSSR count). The maximum absolute atomic E-state index is 11.9. The summed E-state index contributed by atoms with van der Waals surface area (Å²) in [7, 11) is -2.26. The Morgan fingerprint density at radius 1 is 0.867 bits per heavy atom. The van der Waals surface area contributed by atoms with Crippen molar-refractivity contribution in [1.29, 1.82) is 0 Å². The Hall–Kier alpha value is -0.443. The zero-order valence-corrected chi connectivity index (χ0v) is 11.6. The molecule has 0 saturated heterocycles. The molecular formula is C12H24O2Si. The van der Waals surface area contributed by atoms with Crippen molar-refractivity contribution in [2.24, 2.45) is 0 Å². The van der Waals surface area contributed by atoms with Crippen molar-refractivity contribution >= 4 is 18.9 Å². The molecule has 0 bridgehead atoms. The van der Waals surface area contributed by atoms with Crippen LogP contribution >= 0.6 is 0 Å². The molecule has 0 heterocycles. The molecule has 0 amide bonds. The largest absolute Gasteiger partial charge is 0.305 e. The fraction of sp³-hybridized carbons (Fsp3) is 0.833. The van der Waals surface area contributed by atoms with Crippen LogP contribution in [-0.2, 0) is 9.59 Å². The van der Waals surface area contributed by atoms with Crippen LogP contribution in [0, 0.1) is 0 Å². The quantitative estimate of drug-likeness (QED) is 0.597. The summed E-state index contributed by atoms with van der Waals surface area (Å²) in [5.41, 5.74) is 0. The topological polar surface area (TPSA) is 34.1 Å². The third-order valence-corrected chi connectivity index (χ3v) is 6.20. The first-order valence-corrected chi connectivity index (χ1v) is 9.03. The van der Waals surface area contributed by atoms with Crippen LogP contribution in [-0.4, -0.2) is 18.9 Å². The monoisotopic (exact) mass is 228 g/mol. The van der Waals surface area contributed by atoms with E-state index >= 15 is 0 Å². The molecule has 0 fully saturated rings. The lowest BCUT2D eigenvalue weighted by molar-refractivity contribution is -0.116. The number of carbonyl (C=O) groups excluding carboxylic acids is 2. The lowest BCUT2D eigenvalue weighted by Crippen LogP contribution is -2.46. The molecule has 3 heteroatoms. The Morgan fingerprint density at radius 3 is 1.47 bits per heavy atom. The van der Waals surface area contributed by atoms with E-state index in [4.69, 9.17) is 0 Å². The second-order valence-electron chi connectivity index (χ2n) is 4.68. The first kappa shape index (κ1) is 14.6. The molecule has 88 valence electrons. The molecule has 0 radical (unpaired) electrons. The van der Waals surface area contributed by atoms with E-state index in [9.17, 15) is 9.59 Å². The fourth-order valence-corrected chi connectivity index (χ4v) is 3.37. The maximum Gasteiger partial charge on any atom is 0.202 e. The number of carbonyl (C=O) groups is 2. The van der Waals surface area contributed by atoms with Crippen LogP contribution in [0.1, 0.15) is 52.4 Å². The highest BCUT2D eigenvalue weighted by Gasteiger charge is 2.36. The minimum absolute atomic E-state index is 0.241. The van der Waals surface area contributed by atoms with Crippen LogP contribution in [0.3, 0.4) is 0 Å². The molecule has 0 atom stereocenters. The van der Waals surface area contributed by atoms with Crippen LogP contribution in [0.15, 0.2) is 0 Å². The average Bonchev–Trinajstić information content (AvgIpc) is 2.21. The average molecular weight is 228 g/mol. The smallest absolute Gasteiger partial charge is 0.202 e. The van der Waals surface area contributed by atoms with Gasteiger partial charge in [-0.1, -0.05) is 39.8 Å². The van der Waals surface area contributed by atoms with E-state index in [2.05, 4.69) is 13.8 Å². The molecule has 0 aromatic carbocycles. The number of unbranched alkanes of at least 4 members (excludes halogenated alkanes) is 2. The van der Waals surface area contributed by atoms with Crippen molar-refractivity contribution in [1.82, 2.24) is 0 Å². The fourth-order valence-electron chi connectivity index (χ4n) is 1.46. The summed E-state index contributed by atoms with van der Waals surface area (Å²) in [5, 5.41) is 0.482. The number of rotatable bonds is 8. The summed E-state index contributed by atoms with van der Waals surface area (Å²) in [5.74, 6) is 0. The van der Waals surface area contributed by atoms with E-state index in [1.165, 1.54) is 0 Å². The first-order chi connectivity index (χ1) is 6.96. The van der Waals surface area contributed by atoms with Gasteiger partial charge in [0.05, 0.1) is 0 Å². The second-order valence-corrected chi connectivity index (χ2v) is 9.04. The summed E-state index contributed by atoms with van der Waals surface area (Å²) in [6.45, 7) is 7.95. The minimum atomic E-state index is -2.26. The molecule has 2 nitrogen and oxygen atoms in total. The Balaban J connectivity index is 4.24. The van der Waals surface area contributed by atoms with Crippen molar-refractivity contribution in [2.45, 2.75) is 65.5 Å². The van der Waals surface area contributed by atoms with Crippen LogP contribution in [0.5, 0.6) is 0 Å². The summed E-state index contributed by atoms with van der Waals surface area (Å²) < 4.78 is 0. The van der Waals surface area contributed by atoms with Crippen LogP contribution in [0.4, 0.5) is 0 Å². The van der Waals surface area contributed by atoms with E-state index in [1.54, 1.807) is 0 Å². The van der Waals surface area contributed by atoms with E-state index in [0.717, 1.165) is 25.7 Å². The van der Waals surface area contributed by atoms with Crippen molar-refractivity contribution in [3.63, 3.8) is 0 Å². The van der Waals surface area contributed by atoms with Crippen LogP contribution < -0.4 is 0 Å². The third-order valence-electron chi connectivity index (χ3n) is 2.91.